The number of ether oxygens (including phenoxy) is 1. The van der Waals surface area contributed by atoms with E-state index in [0.29, 0.717) is 17.3 Å². The molecule has 0 radical (unpaired) electrons. The number of nitrogens with one attached hydrogen (secondary N) is 1. The fourth-order valence-electron chi connectivity index (χ4n) is 1.89. The van der Waals surface area contributed by atoms with Crippen LogP contribution < -0.4 is 10.1 Å². The maximum Gasteiger partial charge on any atom is 0.213 e. The average Bonchev–Trinajstić information content (AvgIpc) is 2.44. The van der Waals surface area contributed by atoms with Crippen molar-refractivity contribution < 1.29 is 13.2 Å². The van der Waals surface area contributed by atoms with Gasteiger partial charge >= 0.3 is 0 Å². The molecule has 0 aliphatic carbocycles. The molecule has 2 aromatic rings. The van der Waals surface area contributed by atoms with Gasteiger partial charge < -0.3 is 10.1 Å². The zero-order valence-corrected chi connectivity index (χ0v) is 13.7. The second kappa shape index (κ2) is 6.79. The van der Waals surface area contributed by atoms with Crippen molar-refractivity contribution in [3.8, 4) is 5.88 Å². The van der Waals surface area contributed by atoms with Crippen molar-refractivity contribution in [3.63, 3.8) is 0 Å². The first-order valence-corrected chi connectivity index (χ1v) is 8.89. The van der Waals surface area contributed by atoms with Crippen LogP contribution in [0.4, 0.5) is 5.69 Å². The molecule has 0 spiro atoms. The van der Waals surface area contributed by atoms with Gasteiger partial charge in [0.2, 0.25) is 5.88 Å². The van der Waals surface area contributed by atoms with Gasteiger partial charge in [0, 0.05) is 30.8 Å². The van der Waals surface area contributed by atoms with Gasteiger partial charge in [-0.2, -0.15) is 0 Å². The Balaban J connectivity index is 2.01. The molecule has 5 nitrogen and oxygen atoms in total. The van der Waals surface area contributed by atoms with Crippen LogP contribution in [-0.2, 0) is 16.4 Å². The third-order valence-corrected chi connectivity index (χ3v) is 4.06. The minimum atomic E-state index is -3.16. The second-order valence-corrected chi connectivity index (χ2v) is 7.33. The van der Waals surface area contributed by atoms with E-state index in [2.05, 4.69) is 10.3 Å². The van der Waals surface area contributed by atoms with Gasteiger partial charge in [-0.1, -0.05) is 0 Å². The highest BCUT2D eigenvalue weighted by atomic mass is 32.2. The predicted molar refractivity (Wildman–Crippen MR) is 86.9 cm³/mol. The van der Waals surface area contributed by atoms with Crippen molar-refractivity contribution in [1.82, 2.24) is 4.98 Å². The van der Waals surface area contributed by atoms with Crippen molar-refractivity contribution in [2.75, 3.05) is 11.6 Å². The summed E-state index contributed by atoms with van der Waals surface area (Å²) in [5, 5.41) is 3.24. The van der Waals surface area contributed by atoms with Crippen LogP contribution in [0.1, 0.15) is 19.4 Å². The normalized spacial score (nSPS) is 11.5. The molecular weight excluding hydrogens is 300 g/mol. The predicted octanol–water partition coefficient (Wildman–Crippen LogP) is 2.88. The Kier molecular flexibility index (Phi) is 5.03. The van der Waals surface area contributed by atoms with Gasteiger partial charge in [-0.05, 0) is 49.7 Å². The van der Waals surface area contributed by atoms with Crippen molar-refractivity contribution in [2.24, 2.45) is 0 Å². The third kappa shape index (κ3) is 4.73. The van der Waals surface area contributed by atoms with Gasteiger partial charge in [0.1, 0.15) is 0 Å². The first kappa shape index (κ1) is 16.3. The Morgan fingerprint density at radius 1 is 1.18 bits per heavy atom. The summed E-state index contributed by atoms with van der Waals surface area (Å²) in [6.45, 7) is 4.51. The molecule has 2 rings (SSSR count). The standard InChI is InChI=1S/C16H20N2O3S/c1-12(2)21-16-10-13(8-9-17-16)11-18-14-4-6-15(7-5-14)22(3,19)20/h4-10,12,18H,11H2,1-3H3. The first-order valence-electron chi connectivity index (χ1n) is 7.00. The van der Waals surface area contributed by atoms with Crippen LogP contribution in [0.25, 0.3) is 0 Å². The van der Waals surface area contributed by atoms with Crippen LogP contribution in [0.2, 0.25) is 0 Å². The molecule has 0 fully saturated rings. The number of hydrogen-bond donors (Lipinski definition) is 1. The van der Waals surface area contributed by atoms with Crippen molar-refractivity contribution in [2.45, 2.75) is 31.4 Å². The van der Waals surface area contributed by atoms with Crippen LogP contribution in [0.15, 0.2) is 47.5 Å². The van der Waals surface area contributed by atoms with Gasteiger partial charge in [0.05, 0.1) is 11.0 Å². The van der Waals surface area contributed by atoms with E-state index in [0.717, 1.165) is 11.3 Å². The molecule has 0 unspecified atom stereocenters. The maximum atomic E-state index is 11.4. The van der Waals surface area contributed by atoms with Crippen molar-refractivity contribution in [1.29, 1.82) is 0 Å². The molecule has 0 aliphatic heterocycles. The number of nitrogens with zero attached hydrogens (tertiary/aromatic N) is 1. The molecular formula is C16H20N2O3S. The molecule has 0 amide bonds. The highest BCUT2D eigenvalue weighted by Gasteiger charge is 2.06. The third-order valence-electron chi connectivity index (χ3n) is 2.93. The Morgan fingerprint density at radius 2 is 1.86 bits per heavy atom. The molecule has 1 heterocycles. The molecule has 0 atom stereocenters. The van der Waals surface area contributed by atoms with Gasteiger partial charge in [-0.15, -0.1) is 0 Å². The largest absolute Gasteiger partial charge is 0.475 e. The lowest BCUT2D eigenvalue weighted by molar-refractivity contribution is 0.232. The van der Waals surface area contributed by atoms with E-state index in [1.807, 2.05) is 26.0 Å². The van der Waals surface area contributed by atoms with Crippen LogP contribution >= 0.6 is 0 Å². The summed E-state index contributed by atoms with van der Waals surface area (Å²) in [6, 6.07) is 10.5. The van der Waals surface area contributed by atoms with Gasteiger partial charge in [0.25, 0.3) is 0 Å². The van der Waals surface area contributed by atoms with Crippen LogP contribution in [-0.4, -0.2) is 25.8 Å². The molecule has 6 heteroatoms. The summed E-state index contributed by atoms with van der Waals surface area (Å²) in [5.74, 6) is 0.599. The molecule has 1 aromatic heterocycles. The smallest absolute Gasteiger partial charge is 0.213 e. The second-order valence-electron chi connectivity index (χ2n) is 5.32. The van der Waals surface area contributed by atoms with E-state index in [4.69, 9.17) is 4.74 Å². The SMILES string of the molecule is CC(C)Oc1cc(CNc2ccc(S(C)(=O)=O)cc2)ccn1. The van der Waals surface area contributed by atoms with E-state index < -0.39 is 9.84 Å². The quantitative estimate of drug-likeness (QED) is 0.886. The lowest BCUT2D eigenvalue weighted by Crippen LogP contribution is -2.07. The Bertz CT molecular complexity index is 725. The fourth-order valence-corrected chi connectivity index (χ4v) is 2.52. The van der Waals surface area contributed by atoms with E-state index in [1.54, 1.807) is 30.5 Å². The molecule has 0 saturated heterocycles. The summed E-state index contributed by atoms with van der Waals surface area (Å²) < 4.78 is 28.4. The molecule has 1 N–H and O–H groups in total. The lowest BCUT2D eigenvalue weighted by atomic mass is 10.2. The minimum Gasteiger partial charge on any atom is -0.475 e. The number of sulfone groups is 1. The van der Waals surface area contributed by atoms with Crippen molar-refractivity contribution >= 4 is 15.5 Å². The summed E-state index contributed by atoms with van der Waals surface area (Å²) >= 11 is 0. The molecule has 0 bridgehead atoms. The molecule has 0 aliphatic rings. The highest BCUT2D eigenvalue weighted by molar-refractivity contribution is 7.90. The van der Waals surface area contributed by atoms with E-state index >= 15 is 0 Å². The van der Waals surface area contributed by atoms with Crippen molar-refractivity contribution in [3.05, 3.63) is 48.2 Å². The van der Waals surface area contributed by atoms with E-state index in [9.17, 15) is 8.42 Å². The number of aromatic nitrogens is 1. The summed E-state index contributed by atoms with van der Waals surface area (Å²) in [7, 11) is -3.16. The number of anilines is 1. The topological polar surface area (TPSA) is 68.3 Å². The summed E-state index contributed by atoms with van der Waals surface area (Å²) in [6.07, 6.45) is 2.99. The maximum absolute atomic E-state index is 11.4. The number of rotatable bonds is 6. The monoisotopic (exact) mass is 320 g/mol. The number of pyridine rings is 1. The zero-order valence-electron chi connectivity index (χ0n) is 12.9. The number of hydrogen-bond acceptors (Lipinski definition) is 5. The average molecular weight is 320 g/mol. The van der Waals surface area contributed by atoms with Gasteiger partial charge in [-0.3, -0.25) is 0 Å². The van der Waals surface area contributed by atoms with E-state index in [1.165, 1.54) is 6.26 Å². The Hall–Kier alpha value is -2.08. The molecule has 22 heavy (non-hydrogen) atoms. The van der Waals surface area contributed by atoms with Crippen LogP contribution in [0, 0.1) is 0 Å². The zero-order chi connectivity index (χ0) is 16.2. The minimum absolute atomic E-state index is 0.0826. The van der Waals surface area contributed by atoms with Gasteiger partial charge in [-0.25, -0.2) is 13.4 Å². The number of benzene rings is 1. The Morgan fingerprint density at radius 3 is 2.45 bits per heavy atom. The Labute approximate surface area is 131 Å². The van der Waals surface area contributed by atoms with Crippen LogP contribution in [0.5, 0.6) is 5.88 Å². The molecule has 118 valence electrons. The van der Waals surface area contributed by atoms with Crippen LogP contribution in [0.3, 0.4) is 0 Å². The van der Waals surface area contributed by atoms with E-state index in [-0.39, 0.29) is 6.10 Å². The fraction of sp³-hybridized carbons (Fsp3) is 0.312. The van der Waals surface area contributed by atoms with Gasteiger partial charge in [0.15, 0.2) is 9.84 Å². The first-order chi connectivity index (χ1) is 10.3. The highest BCUT2D eigenvalue weighted by Crippen LogP contribution is 2.16. The summed E-state index contributed by atoms with van der Waals surface area (Å²) in [5.41, 5.74) is 1.90. The summed E-state index contributed by atoms with van der Waals surface area (Å²) in [4.78, 5) is 4.47. The molecule has 1 aromatic carbocycles. The molecule has 0 saturated carbocycles. The lowest BCUT2D eigenvalue weighted by Gasteiger charge is -2.11.